The lowest BCUT2D eigenvalue weighted by atomic mass is 9.84. The van der Waals surface area contributed by atoms with Gasteiger partial charge in [-0.05, 0) is 35.4 Å². The zero-order valence-electron chi connectivity index (χ0n) is 20.7. The Labute approximate surface area is 215 Å². The Morgan fingerprint density at radius 3 is 2.45 bits per heavy atom. The molecule has 10 nitrogen and oxygen atoms in total. The number of fused-ring (bicyclic) bond motifs is 4. The van der Waals surface area contributed by atoms with Crippen LogP contribution < -0.4 is 33.8 Å². The van der Waals surface area contributed by atoms with E-state index in [0.717, 1.165) is 0 Å². The summed E-state index contributed by atoms with van der Waals surface area (Å²) in [7, 11) is 4.52. The van der Waals surface area contributed by atoms with Gasteiger partial charge in [-0.25, -0.2) is 0 Å². The van der Waals surface area contributed by atoms with E-state index in [1.54, 1.807) is 30.3 Å². The van der Waals surface area contributed by atoms with Gasteiger partial charge < -0.3 is 37.9 Å². The molecule has 1 aromatic heterocycles. The molecule has 1 atom stereocenters. The van der Waals surface area contributed by atoms with Gasteiger partial charge in [0.25, 0.3) is 0 Å². The van der Waals surface area contributed by atoms with Crippen LogP contribution in [0, 0.1) is 0 Å². The van der Waals surface area contributed by atoms with Gasteiger partial charge in [0.1, 0.15) is 28.7 Å². The number of hydrogen-bond donors (Lipinski definition) is 1. The lowest BCUT2D eigenvalue weighted by Crippen LogP contribution is -2.22. The third-order valence-electron chi connectivity index (χ3n) is 6.75. The number of aromatic hydroxyl groups is 1. The van der Waals surface area contributed by atoms with Crippen LogP contribution >= 0.6 is 0 Å². The fourth-order valence-corrected chi connectivity index (χ4v) is 4.97. The van der Waals surface area contributed by atoms with Crippen LogP contribution in [0.3, 0.4) is 0 Å². The molecule has 6 rings (SSSR count). The first-order valence-electron chi connectivity index (χ1n) is 11.7. The van der Waals surface area contributed by atoms with Crippen LogP contribution in [0.4, 0.5) is 0 Å². The molecule has 2 aliphatic heterocycles. The van der Waals surface area contributed by atoms with Crippen molar-refractivity contribution >= 4 is 16.9 Å². The molecule has 10 heteroatoms. The van der Waals surface area contributed by atoms with E-state index in [1.807, 2.05) is 0 Å². The number of rotatable bonds is 5. The zero-order valence-corrected chi connectivity index (χ0v) is 20.7. The van der Waals surface area contributed by atoms with Crippen molar-refractivity contribution in [2.75, 3.05) is 28.1 Å². The lowest BCUT2D eigenvalue weighted by Gasteiger charge is -2.26. The number of phenols is 1. The van der Waals surface area contributed by atoms with Crippen molar-refractivity contribution in [3.8, 4) is 51.4 Å². The summed E-state index contributed by atoms with van der Waals surface area (Å²) in [5.74, 6) is 0.980. The van der Waals surface area contributed by atoms with Gasteiger partial charge in [0.05, 0.1) is 33.3 Å². The highest BCUT2D eigenvalue weighted by Gasteiger charge is 2.35. The number of benzene rings is 3. The highest BCUT2D eigenvalue weighted by atomic mass is 16.7. The molecule has 38 heavy (non-hydrogen) atoms. The van der Waals surface area contributed by atoms with Crippen molar-refractivity contribution in [1.82, 2.24) is 0 Å². The summed E-state index contributed by atoms with van der Waals surface area (Å²) >= 11 is 0. The summed E-state index contributed by atoms with van der Waals surface area (Å²) < 4.78 is 38.6. The number of carbonyl (C=O) groups excluding carboxylic acids is 1. The van der Waals surface area contributed by atoms with E-state index in [0.29, 0.717) is 45.4 Å². The van der Waals surface area contributed by atoms with Crippen LogP contribution in [0.2, 0.25) is 0 Å². The largest absolute Gasteiger partial charge is 0.507 e. The van der Waals surface area contributed by atoms with Gasteiger partial charge in [-0.1, -0.05) is 6.07 Å². The first-order valence-corrected chi connectivity index (χ1v) is 11.7. The average molecular weight is 518 g/mol. The van der Waals surface area contributed by atoms with Crippen LogP contribution in [0.25, 0.3) is 22.1 Å². The van der Waals surface area contributed by atoms with Crippen molar-refractivity contribution < 1.29 is 42.7 Å². The van der Waals surface area contributed by atoms with Gasteiger partial charge in [0, 0.05) is 17.5 Å². The minimum atomic E-state index is -0.576. The average Bonchev–Trinajstić information content (AvgIpc) is 3.40. The summed E-state index contributed by atoms with van der Waals surface area (Å²) in [4.78, 5) is 26.3. The zero-order chi connectivity index (χ0) is 26.6. The van der Waals surface area contributed by atoms with Crippen LogP contribution in [-0.4, -0.2) is 39.2 Å². The maximum absolute atomic E-state index is 13.7. The van der Waals surface area contributed by atoms with E-state index in [1.165, 1.54) is 33.7 Å². The molecule has 0 radical (unpaired) electrons. The van der Waals surface area contributed by atoms with Crippen molar-refractivity contribution in [3.05, 3.63) is 64.0 Å². The van der Waals surface area contributed by atoms with Crippen molar-refractivity contribution in [2.45, 2.75) is 12.3 Å². The highest BCUT2D eigenvalue weighted by Crippen LogP contribution is 2.49. The molecular formula is C28H22O10. The fourth-order valence-electron chi connectivity index (χ4n) is 4.97. The molecule has 0 fully saturated rings. The van der Waals surface area contributed by atoms with Crippen molar-refractivity contribution in [3.63, 3.8) is 0 Å². The number of carbonyl (C=O) groups is 1. The smallest absolute Gasteiger partial charge is 0.312 e. The fraction of sp³-hybridized carbons (Fsp3) is 0.214. The van der Waals surface area contributed by atoms with E-state index in [9.17, 15) is 14.7 Å². The topological polar surface area (TPSA) is 123 Å². The molecule has 0 spiro atoms. The lowest BCUT2D eigenvalue weighted by molar-refractivity contribution is -0.135. The Kier molecular flexibility index (Phi) is 5.52. The standard InChI is InChI=1S/C28H22O10/c1-32-18-5-4-13(6-19(18)33-2)16-11-35-28-24-15(14-7-21(34-3)27-22(8-14)36-12-37-27)9-23(30)38-20(24)10-17(29)25(28)26(16)31/h4-8,10-11,15,29H,9,12H2,1-3H3. The molecule has 3 heterocycles. The molecule has 0 amide bonds. The van der Waals surface area contributed by atoms with Crippen LogP contribution in [-0.2, 0) is 4.79 Å². The van der Waals surface area contributed by atoms with E-state index >= 15 is 0 Å². The summed E-state index contributed by atoms with van der Waals surface area (Å²) in [5.41, 5.74) is 1.50. The number of phenolic OH excluding ortho intramolecular Hbond substituents is 1. The van der Waals surface area contributed by atoms with Crippen LogP contribution in [0.1, 0.15) is 23.5 Å². The molecule has 3 aromatic carbocycles. The van der Waals surface area contributed by atoms with Gasteiger partial charge in [0.15, 0.2) is 23.0 Å². The van der Waals surface area contributed by atoms with E-state index < -0.39 is 17.3 Å². The predicted octanol–water partition coefficient (Wildman–Crippen LogP) is 4.36. The summed E-state index contributed by atoms with van der Waals surface area (Å²) in [6.07, 6.45) is 1.29. The summed E-state index contributed by atoms with van der Waals surface area (Å²) in [6, 6.07) is 9.78. The number of esters is 1. The van der Waals surface area contributed by atoms with E-state index in [-0.39, 0.29) is 41.2 Å². The Morgan fingerprint density at radius 1 is 0.895 bits per heavy atom. The SMILES string of the molecule is COc1ccc(-c2coc3c4c(cc(O)c3c2=O)OC(=O)CC4c2cc(OC)c3c(c2)OCO3)cc1OC. The Bertz CT molecular complexity index is 1670. The van der Waals surface area contributed by atoms with Gasteiger partial charge in [-0.15, -0.1) is 0 Å². The third kappa shape index (κ3) is 3.56. The monoisotopic (exact) mass is 518 g/mol. The molecule has 0 aliphatic carbocycles. The van der Waals surface area contributed by atoms with E-state index in [2.05, 4.69) is 0 Å². The first kappa shape index (κ1) is 23.5. The van der Waals surface area contributed by atoms with Crippen LogP contribution in [0.15, 0.2) is 51.9 Å². The molecule has 1 unspecified atom stereocenters. The third-order valence-corrected chi connectivity index (χ3v) is 6.75. The van der Waals surface area contributed by atoms with Gasteiger partial charge in [-0.2, -0.15) is 0 Å². The Balaban J connectivity index is 1.56. The summed E-state index contributed by atoms with van der Waals surface area (Å²) in [5, 5.41) is 10.8. The second kappa shape index (κ2) is 8.91. The molecule has 2 aliphatic rings. The van der Waals surface area contributed by atoms with Gasteiger partial charge in [-0.3, -0.25) is 9.59 Å². The summed E-state index contributed by atoms with van der Waals surface area (Å²) in [6.45, 7) is 0.0447. The number of hydrogen-bond acceptors (Lipinski definition) is 10. The molecule has 0 bridgehead atoms. The van der Waals surface area contributed by atoms with Crippen molar-refractivity contribution in [2.24, 2.45) is 0 Å². The minimum Gasteiger partial charge on any atom is -0.507 e. The highest BCUT2D eigenvalue weighted by molar-refractivity contribution is 5.94. The Hall–Kier alpha value is -4.86. The molecule has 0 saturated carbocycles. The second-order valence-electron chi connectivity index (χ2n) is 8.75. The van der Waals surface area contributed by atoms with Crippen LogP contribution in [0.5, 0.6) is 40.2 Å². The quantitative estimate of drug-likeness (QED) is 0.301. The number of methoxy groups -OCH3 is 3. The van der Waals surface area contributed by atoms with Gasteiger partial charge >= 0.3 is 5.97 Å². The number of ether oxygens (including phenoxy) is 6. The normalized spacial score (nSPS) is 15.7. The molecular weight excluding hydrogens is 496 g/mol. The van der Waals surface area contributed by atoms with Crippen molar-refractivity contribution in [1.29, 1.82) is 0 Å². The maximum Gasteiger partial charge on any atom is 0.312 e. The van der Waals surface area contributed by atoms with E-state index in [4.69, 9.17) is 32.8 Å². The first-order chi connectivity index (χ1) is 18.4. The minimum absolute atomic E-state index is 0.0309. The molecule has 4 aromatic rings. The predicted molar refractivity (Wildman–Crippen MR) is 134 cm³/mol. The molecule has 1 N–H and O–H groups in total. The maximum atomic E-state index is 13.7. The molecule has 194 valence electrons. The second-order valence-corrected chi connectivity index (χ2v) is 8.75. The molecule has 0 saturated heterocycles. The Morgan fingerprint density at radius 2 is 1.68 bits per heavy atom. The van der Waals surface area contributed by atoms with Gasteiger partial charge in [0.2, 0.25) is 18.0 Å².